The fraction of sp³-hybridized carbons (Fsp3) is 0.538. The number of hydrogen-bond donors (Lipinski definition) is 2. The van der Waals surface area contributed by atoms with Crippen molar-refractivity contribution in [3.05, 3.63) is 35.6 Å². The molecule has 2 unspecified atom stereocenters. The number of hydrogen-bond acceptors (Lipinski definition) is 3. The molecule has 1 aromatic carbocycles. The molecule has 2 atom stereocenters. The monoisotopic (exact) mass is 238 g/mol. The first-order valence-corrected chi connectivity index (χ1v) is 6.08. The minimum Gasteiger partial charge on any atom is -0.392 e. The molecule has 1 aliphatic heterocycles. The molecule has 0 saturated carbocycles. The van der Waals surface area contributed by atoms with E-state index in [0.717, 1.165) is 24.9 Å². The van der Waals surface area contributed by atoms with Gasteiger partial charge in [-0.05, 0) is 37.1 Å². The number of aliphatic hydroxyl groups is 1. The van der Waals surface area contributed by atoms with Crippen LogP contribution in [0, 0.1) is 5.82 Å². The van der Waals surface area contributed by atoms with Gasteiger partial charge in [0, 0.05) is 19.1 Å². The maximum Gasteiger partial charge on any atom is 0.123 e. The molecule has 0 spiro atoms. The highest BCUT2D eigenvalue weighted by atomic mass is 19.1. The molecule has 17 heavy (non-hydrogen) atoms. The van der Waals surface area contributed by atoms with Gasteiger partial charge in [-0.3, -0.25) is 4.90 Å². The lowest BCUT2D eigenvalue weighted by molar-refractivity contribution is 0.0479. The highest BCUT2D eigenvalue weighted by molar-refractivity contribution is 5.20. The number of nitrogens with zero attached hydrogens (tertiary/aromatic N) is 1. The topological polar surface area (TPSA) is 49.5 Å². The Morgan fingerprint density at radius 2 is 2.35 bits per heavy atom. The highest BCUT2D eigenvalue weighted by Gasteiger charge is 2.25. The normalized spacial score (nSPS) is 23.6. The standard InChI is InChI=1S/C13H19FN2O/c14-11-4-1-3-10(7-11)13(8-15)16-6-2-5-12(17)9-16/h1,3-4,7,12-13,17H,2,5-6,8-9,15H2. The predicted octanol–water partition coefficient (Wildman–Crippen LogP) is 1.28. The summed E-state index contributed by atoms with van der Waals surface area (Å²) < 4.78 is 13.2. The Balaban J connectivity index is 2.15. The number of nitrogens with two attached hydrogens (primary N) is 1. The lowest BCUT2D eigenvalue weighted by Gasteiger charge is -2.36. The van der Waals surface area contributed by atoms with Gasteiger partial charge in [-0.25, -0.2) is 4.39 Å². The zero-order valence-electron chi connectivity index (χ0n) is 9.85. The average Bonchev–Trinajstić information content (AvgIpc) is 2.30. The van der Waals surface area contributed by atoms with Crippen LogP contribution in [0.2, 0.25) is 0 Å². The third kappa shape index (κ3) is 3.03. The molecule has 4 heteroatoms. The molecular formula is C13H19FN2O. The zero-order chi connectivity index (χ0) is 12.3. The molecule has 1 aliphatic rings. The van der Waals surface area contributed by atoms with Gasteiger partial charge in [0.05, 0.1) is 6.10 Å². The largest absolute Gasteiger partial charge is 0.392 e. The van der Waals surface area contributed by atoms with Crippen molar-refractivity contribution in [2.24, 2.45) is 5.73 Å². The Labute approximate surface area is 101 Å². The summed E-state index contributed by atoms with van der Waals surface area (Å²) in [5, 5.41) is 9.67. The van der Waals surface area contributed by atoms with Crippen LogP contribution in [-0.2, 0) is 0 Å². The molecule has 1 heterocycles. The maximum atomic E-state index is 13.2. The van der Waals surface area contributed by atoms with Crippen LogP contribution in [0.5, 0.6) is 0 Å². The van der Waals surface area contributed by atoms with Gasteiger partial charge in [0.2, 0.25) is 0 Å². The van der Waals surface area contributed by atoms with Crippen molar-refractivity contribution in [1.29, 1.82) is 0 Å². The van der Waals surface area contributed by atoms with E-state index in [0.29, 0.717) is 13.1 Å². The number of rotatable bonds is 3. The van der Waals surface area contributed by atoms with Crippen molar-refractivity contribution in [1.82, 2.24) is 4.90 Å². The third-order valence-electron chi connectivity index (χ3n) is 3.33. The van der Waals surface area contributed by atoms with E-state index < -0.39 is 0 Å². The van der Waals surface area contributed by atoms with Crippen LogP contribution in [0.1, 0.15) is 24.4 Å². The van der Waals surface area contributed by atoms with Crippen molar-refractivity contribution in [3.63, 3.8) is 0 Å². The van der Waals surface area contributed by atoms with E-state index in [1.165, 1.54) is 12.1 Å². The second kappa shape index (κ2) is 5.58. The van der Waals surface area contributed by atoms with E-state index in [1.807, 2.05) is 6.07 Å². The summed E-state index contributed by atoms with van der Waals surface area (Å²) in [6, 6.07) is 6.55. The van der Waals surface area contributed by atoms with E-state index >= 15 is 0 Å². The van der Waals surface area contributed by atoms with Gasteiger partial charge < -0.3 is 10.8 Å². The van der Waals surface area contributed by atoms with Gasteiger partial charge in [-0.1, -0.05) is 12.1 Å². The van der Waals surface area contributed by atoms with E-state index in [-0.39, 0.29) is 18.0 Å². The highest BCUT2D eigenvalue weighted by Crippen LogP contribution is 2.24. The lowest BCUT2D eigenvalue weighted by atomic mass is 10.0. The summed E-state index contributed by atoms with van der Waals surface area (Å²) >= 11 is 0. The fourth-order valence-electron chi connectivity index (χ4n) is 2.48. The molecule has 94 valence electrons. The van der Waals surface area contributed by atoms with Crippen LogP contribution in [0.25, 0.3) is 0 Å². The van der Waals surface area contributed by atoms with E-state index in [1.54, 1.807) is 6.07 Å². The predicted molar refractivity (Wildman–Crippen MR) is 65.0 cm³/mol. The molecule has 1 saturated heterocycles. The van der Waals surface area contributed by atoms with E-state index in [4.69, 9.17) is 5.73 Å². The average molecular weight is 238 g/mol. The van der Waals surface area contributed by atoms with Crippen molar-refractivity contribution >= 4 is 0 Å². The zero-order valence-corrected chi connectivity index (χ0v) is 9.85. The molecule has 2 rings (SSSR count). The Morgan fingerprint density at radius 1 is 1.53 bits per heavy atom. The molecule has 0 radical (unpaired) electrons. The second-order valence-electron chi connectivity index (χ2n) is 4.60. The van der Waals surface area contributed by atoms with Crippen LogP contribution >= 0.6 is 0 Å². The lowest BCUT2D eigenvalue weighted by Crippen LogP contribution is -2.43. The number of likely N-dealkylation sites (tertiary alicyclic amines) is 1. The summed E-state index contributed by atoms with van der Waals surface area (Å²) in [4.78, 5) is 2.14. The van der Waals surface area contributed by atoms with Crippen LogP contribution in [-0.4, -0.2) is 35.7 Å². The SMILES string of the molecule is NCC(c1cccc(F)c1)N1CCCC(O)C1. The van der Waals surface area contributed by atoms with Gasteiger partial charge in [-0.15, -0.1) is 0 Å². The van der Waals surface area contributed by atoms with E-state index in [9.17, 15) is 9.50 Å². The number of piperidine rings is 1. The van der Waals surface area contributed by atoms with Gasteiger partial charge in [-0.2, -0.15) is 0 Å². The molecule has 1 fully saturated rings. The van der Waals surface area contributed by atoms with Gasteiger partial charge in [0.1, 0.15) is 5.82 Å². The molecule has 3 nitrogen and oxygen atoms in total. The number of halogens is 1. The molecule has 1 aromatic rings. The Morgan fingerprint density at radius 3 is 3.00 bits per heavy atom. The molecule has 0 amide bonds. The number of aliphatic hydroxyl groups excluding tert-OH is 1. The number of β-amino-alcohol motifs (C(OH)–C–C–N with tert-alkyl or cyclic N) is 1. The smallest absolute Gasteiger partial charge is 0.123 e. The first-order chi connectivity index (χ1) is 8.20. The van der Waals surface area contributed by atoms with Crippen molar-refractivity contribution in [3.8, 4) is 0 Å². The van der Waals surface area contributed by atoms with Crippen LogP contribution in [0.3, 0.4) is 0 Å². The second-order valence-corrected chi connectivity index (χ2v) is 4.60. The Bertz CT molecular complexity index is 372. The first kappa shape index (κ1) is 12.5. The summed E-state index contributed by atoms with van der Waals surface area (Å²) in [5.41, 5.74) is 6.68. The van der Waals surface area contributed by atoms with Crippen LogP contribution in [0.4, 0.5) is 4.39 Å². The molecule has 0 bridgehead atoms. The Hall–Kier alpha value is -0.970. The fourth-order valence-corrected chi connectivity index (χ4v) is 2.48. The van der Waals surface area contributed by atoms with Crippen molar-refractivity contribution in [2.45, 2.75) is 25.0 Å². The summed E-state index contributed by atoms with van der Waals surface area (Å²) in [6.45, 7) is 1.98. The van der Waals surface area contributed by atoms with Crippen molar-refractivity contribution in [2.75, 3.05) is 19.6 Å². The van der Waals surface area contributed by atoms with Gasteiger partial charge in [0.25, 0.3) is 0 Å². The van der Waals surface area contributed by atoms with Crippen LogP contribution < -0.4 is 5.73 Å². The van der Waals surface area contributed by atoms with Gasteiger partial charge >= 0.3 is 0 Å². The minimum absolute atomic E-state index is 0.000602. The summed E-state index contributed by atoms with van der Waals surface area (Å²) in [6.07, 6.45) is 1.52. The van der Waals surface area contributed by atoms with Crippen LogP contribution in [0.15, 0.2) is 24.3 Å². The van der Waals surface area contributed by atoms with E-state index in [2.05, 4.69) is 4.90 Å². The quantitative estimate of drug-likeness (QED) is 0.834. The minimum atomic E-state index is -0.286. The van der Waals surface area contributed by atoms with Crippen molar-refractivity contribution < 1.29 is 9.50 Å². The summed E-state index contributed by atoms with van der Waals surface area (Å²) in [7, 11) is 0. The third-order valence-corrected chi connectivity index (χ3v) is 3.33. The van der Waals surface area contributed by atoms with Gasteiger partial charge in [0.15, 0.2) is 0 Å². The number of benzene rings is 1. The first-order valence-electron chi connectivity index (χ1n) is 6.08. The molecule has 0 aliphatic carbocycles. The maximum absolute atomic E-state index is 13.2. The summed E-state index contributed by atoms with van der Waals surface area (Å²) in [5.74, 6) is -0.237. The molecule has 0 aromatic heterocycles. The Kier molecular flexibility index (Phi) is 4.10. The molecular weight excluding hydrogens is 219 g/mol. The molecule has 3 N–H and O–H groups in total.